The summed E-state index contributed by atoms with van der Waals surface area (Å²) < 4.78 is 28.6. The van der Waals surface area contributed by atoms with Crippen LogP contribution in [0.3, 0.4) is 0 Å². The predicted molar refractivity (Wildman–Crippen MR) is 109 cm³/mol. The number of nitrogen functional groups attached to an aromatic ring is 1. The van der Waals surface area contributed by atoms with Crippen LogP contribution in [0.4, 0.5) is 14.5 Å². The number of aromatic amines is 2. The molecular formula is C23H17F2N4O+. The first-order chi connectivity index (χ1) is 14.3. The van der Waals surface area contributed by atoms with E-state index < -0.39 is 23.0 Å². The van der Waals surface area contributed by atoms with Crippen molar-refractivity contribution in [3.05, 3.63) is 82.2 Å². The fraction of sp³-hybridized carbons (Fsp3) is 0.0870. The Labute approximate surface area is 170 Å². The molecule has 2 aromatic carbocycles. The first-order valence-corrected chi connectivity index (χ1v) is 9.14. The average molecular weight is 403 g/mol. The number of ketones is 1. The molecule has 2 heterocycles. The Bertz CT molecular complexity index is 1360. The number of aromatic nitrogens is 2. The van der Waals surface area contributed by atoms with E-state index in [0.29, 0.717) is 16.6 Å². The van der Waals surface area contributed by atoms with E-state index in [1.54, 1.807) is 12.3 Å². The average Bonchev–Trinajstić information content (AvgIpc) is 3.14. The number of carbonyl (C=O) groups excluding carboxylic acids is 1. The normalized spacial score (nSPS) is 10.9. The third-order valence-corrected chi connectivity index (χ3v) is 5.16. The van der Waals surface area contributed by atoms with Crippen molar-refractivity contribution >= 4 is 22.5 Å². The SMILES string of the molecule is Cc1cc(-c2c[nH+]c3[nH]cc(C(=O)c4c(F)ccc(N)c4F)c3c2)cc(C)c1C#N. The molecule has 0 bridgehead atoms. The van der Waals surface area contributed by atoms with Crippen LogP contribution in [0.15, 0.2) is 42.7 Å². The van der Waals surface area contributed by atoms with Gasteiger partial charge in [0.2, 0.25) is 5.78 Å². The number of aryl methyl sites for hydroxylation is 2. The van der Waals surface area contributed by atoms with E-state index in [1.165, 1.54) is 6.20 Å². The number of rotatable bonds is 3. The minimum atomic E-state index is -1.08. The van der Waals surface area contributed by atoms with E-state index in [-0.39, 0.29) is 11.3 Å². The van der Waals surface area contributed by atoms with Crippen molar-refractivity contribution < 1.29 is 18.6 Å². The van der Waals surface area contributed by atoms with Crippen LogP contribution in [0.1, 0.15) is 32.6 Å². The number of pyridine rings is 1. The highest BCUT2D eigenvalue weighted by molar-refractivity contribution is 6.16. The molecule has 0 radical (unpaired) electrons. The van der Waals surface area contributed by atoms with Crippen molar-refractivity contribution in [3.63, 3.8) is 0 Å². The zero-order chi connectivity index (χ0) is 21.6. The number of nitriles is 1. The van der Waals surface area contributed by atoms with Gasteiger partial charge in [0.25, 0.3) is 5.65 Å². The third-order valence-electron chi connectivity index (χ3n) is 5.16. The molecule has 0 fully saturated rings. The lowest BCUT2D eigenvalue weighted by Crippen LogP contribution is -2.10. The number of fused-ring (bicyclic) bond motifs is 1. The second-order valence-corrected chi connectivity index (χ2v) is 7.13. The van der Waals surface area contributed by atoms with Gasteiger partial charge >= 0.3 is 0 Å². The van der Waals surface area contributed by atoms with Gasteiger partial charge in [-0.05, 0) is 60.9 Å². The smallest absolute Gasteiger partial charge is 0.285 e. The number of nitrogens with zero attached hydrogens (tertiary/aromatic N) is 1. The van der Waals surface area contributed by atoms with Gasteiger partial charge in [0.15, 0.2) is 5.82 Å². The molecular weight excluding hydrogens is 386 g/mol. The van der Waals surface area contributed by atoms with Gasteiger partial charge in [-0.25, -0.2) is 18.7 Å². The fourth-order valence-electron chi connectivity index (χ4n) is 3.62. The molecule has 7 heteroatoms. The number of anilines is 1. The Balaban J connectivity index is 1.87. The standard InChI is InChI=1S/C23H16F2N4O/c1-11-5-13(6-12(2)16(11)8-26)14-7-15-17(10-29-23(15)28-9-14)22(30)20-18(24)3-4-19(27)21(20)25/h3-7,9-10H,27H2,1-2H3,(H,28,29)/p+1. The molecule has 30 heavy (non-hydrogen) atoms. The number of hydrogen-bond donors (Lipinski definition) is 2. The Kier molecular flexibility index (Phi) is 4.55. The maximum absolute atomic E-state index is 14.4. The molecule has 4 rings (SSSR count). The first kappa shape index (κ1) is 19.3. The van der Waals surface area contributed by atoms with E-state index in [0.717, 1.165) is 34.4 Å². The summed E-state index contributed by atoms with van der Waals surface area (Å²) in [6, 6.07) is 9.76. The largest absolute Gasteiger partial charge is 0.396 e. The summed E-state index contributed by atoms with van der Waals surface area (Å²) in [6.45, 7) is 3.71. The van der Waals surface area contributed by atoms with Gasteiger partial charge < -0.3 is 5.73 Å². The summed E-state index contributed by atoms with van der Waals surface area (Å²) in [5.41, 5.74) is 9.09. The van der Waals surface area contributed by atoms with Crippen LogP contribution in [0.2, 0.25) is 0 Å². The lowest BCUT2D eigenvalue weighted by atomic mass is 9.95. The zero-order valence-electron chi connectivity index (χ0n) is 16.2. The molecule has 5 nitrogen and oxygen atoms in total. The number of hydrogen-bond acceptors (Lipinski definition) is 3. The molecule has 4 aromatic rings. The van der Waals surface area contributed by atoms with Crippen LogP contribution < -0.4 is 10.7 Å². The summed E-state index contributed by atoms with van der Waals surface area (Å²) in [4.78, 5) is 18.9. The molecule has 148 valence electrons. The minimum Gasteiger partial charge on any atom is -0.396 e. The number of carbonyl (C=O) groups is 1. The van der Waals surface area contributed by atoms with Gasteiger partial charge in [0, 0.05) is 5.56 Å². The van der Waals surface area contributed by atoms with Crippen LogP contribution in [0.25, 0.3) is 22.2 Å². The van der Waals surface area contributed by atoms with E-state index >= 15 is 0 Å². The lowest BCUT2D eigenvalue weighted by molar-refractivity contribution is -0.346. The molecule has 4 N–H and O–H groups in total. The monoisotopic (exact) mass is 403 g/mol. The predicted octanol–water partition coefficient (Wildman–Crippen LogP) is 4.23. The molecule has 0 aliphatic rings. The van der Waals surface area contributed by atoms with Gasteiger partial charge in [0.1, 0.15) is 12.0 Å². The Hall–Kier alpha value is -4.05. The molecule has 0 aliphatic heterocycles. The van der Waals surface area contributed by atoms with Gasteiger partial charge in [-0.15, -0.1) is 0 Å². The third kappa shape index (κ3) is 2.99. The Morgan fingerprint density at radius 1 is 1.13 bits per heavy atom. The van der Waals surface area contributed by atoms with E-state index in [9.17, 15) is 18.8 Å². The molecule has 0 amide bonds. The highest BCUT2D eigenvalue weighted by Gasteiger charge is 2.25. The van der Waals surface area contributed by atoms with Crippen LogP contribution in [-0.2, 0) is 0 Å². The highest BCUT2D eigenvalue weighted by atomic mass is 19.1. The van der Waals surface area contributed by atoms with Gasteiger partial charge in [-0.3, -0.25) is 4.79 Å². The topological polar surface area (TPSA) is 96.8 Å². The number of H-pyrrole nitrogens is 2. The Morgan fingerprint density at radius 3 is 2.50 bits per heavy atom. The number of halogens is 2. The number of nitrogens with two attached hydrogens (primary N) is 1. The molecule has 0 atom stereocenters. The minimum absolute atomic E-state index is 0.119. The second kappa shape index (κ2) is 7.08. The van der Waals surface area contributed by atoms with Crippen molar-refractivity contribution in [1.29, 1.82) is 5.26 Å². The van der Waals surface area contributed by atoms with E-state index in [1.807, 2.05) is 26.0 Å². The van der Waals surface area contributed by atoms with Gasteiger partial charge in [-0.2, -0.15) is 5.26 Å². The molecule has 0 saturated heterocycles. The van der Waals surface area contributed by atoms with Crippen LogP contribution >= 0.6 is 0 Å². The Morgan fingerprint density at radius 2 is 1.83 bits per heavy atom. The number of nitrogens with one attached hydrogen (secondary N) is 2. The lowest BCUT2D eigenvalue weighted by Gasteiger charge is -2.08. The maximum Gasteiger partial charge on any atom is 0.285 e. The molecule has 0 saturated carbocycles. The summed E-state index contributed by atoms with van der Waals surface area (Å²) >= 11 is 0. The van der Waals surface area contributed by atoms with E-state index in [4.69, 9.17) is 5.73 Å². The van der Waals surface area contributed by atoms with Crippen LogP contribution in [0.5, 0.6) is 0 Å². The molecule has 2 aromatic heterocycles. The summed E-state index contributed by atoms with van der Waals surface area (Å²) in [6.07, 6.45) is 3.17. The summed E-state index contributed by atoms with van der Waals surface area (Å²) in [5.74, 6) is -2.85. The second-order valence-electron chi connectivity index (χ2n) is 7.13. The van der Waals surface area contributed by atoms with Crippen molar-refractivity contribution in [2.45, 2.75) is 13.8 Å². The van der Waals surface area contributed by atoms with Crippen LogP contribution in [0, 0.1) is 36.8 Å². The molecule has 0 aliphatic carbocycles. The van der Waals surface area contributed by atoms with Crippen LogP contribution in [-0.4, -0.2) is 10.8 Å². The van der Waals surface area contributed by atoms with Crippen molar-refractivity contribution in [1.82, 2.24) is 4.98 Å². The maximum atomic E-state index is 14.4. The van der Waals surface area contributed by atoms with E-state index in [2.05, 4.69) is 16.0 Å². The zero-order valence-corrected chi connectivity index (χ0v) is 16.2. The molecule has 0 spiro atoms. The number of benzene rings is 2. The summed E-state index contributed by atoms with van der Waals surface area (Å²) in [5, 5.41) is 9.76. The summed E-state index contributed by atoms with van der Waals surface area (Å²) in [7, 11) is 0. The fourth-order valence-corrected chi connectivity index (χ4v) is 3.62. The van der Waals surface area contributed by atoms with Gasteiger partial charge in [-0.1, -0.05) is 0 Å². The van der Waals surface area contributed by atoms with Crippen molar-refractivity contribution in [3.8, 4) is 17.2 Å². The van der Waals surface area contributed by atoms with Gasteiger partial charge in [0.05, 0.1) is 40.0 Å². The van der Waals surface area contributed by atoms with Crippen molar-refractivity contribution in [2.75, 3.05) is 5.73 Å². The van der Waals surface area contributed by atoms with Crippen molar-refractivity contribution in [2.24, 2.45) is 0 Å². The molecule has 0 unspecified atom stereocenters. The quantitative estimate of drug-likeness (QED) is 0.396. The highest BCUT2D eigenvalue weighted by Crippen LogP contribution is 2.29. The first-order valence-electron chi connectivity index (χ1n) is 9.14.